The Balaban J connectivity index is 2.37. The van der Waals surface area contributed by atoms with E-state index < -0.39 is 15.8 Å². The van der Waals surface area contributed by atoms with Gasteiger partial charge < -0.3 is 5.73 Å². The van der Waals surface area contributed by atoms with E-state index in [1.807, 2.05) is 13.8 Å². The second kappa shape index (κ2) is 5.00. The lowest BCUT2D eigenvalue weighted by atomic mass is 9.88. The highest BCUT2D eigenvalue weighted by Crippen LogP contribution is 2.38. The fourth-order valence-corrected chi connectivity index (χ4v) is 4.38. The molecule has 1 aliphatic carbocycles. The zero-order valence-electron chi connectivity index (χ0n) is 12.0. The zero-order valence-corrected chi connectivity index (χ0v) is 12.8. The van der Waals surface area contributed by atoms with Crippen molar-refractivity contribution in [3.8, 4) is 0 Å². The van der Waals surface area contributed by atoms with Crippen LogP contribution in [0.5, 0.6) is 0 Å². The van der Waals surface area contributed by atoms with Gasteiger partial charge in [0.25, 0.3) is 0 Å². The maximum atomic E-state index is 14.1. The molecule has 6 heteroatoms. The number of hydrogen-bond acceptors (Lipinski definition) is 3. The molecule has 3 N–H and O–H groups in total. The second-order valence-corrected chi connectivity index (χ2v) is 7.89. The molecule has 0 spiro atoms. The van der Waals surface area contributed by atoms with Crippen molar-refractivity contribution >= 4 is 15.7 Å². The minimum absolute atomic E-state index is 0.112. The van der Waals surface area contributed by atoms with E-state index in [1.165, 1.54) is 19.1 Å². The fourth-order valence-electron chi connectivity index (χ4n) is 2.76. The molecule has 1 aliphatic rings. The summed E-state index contributed by atoms with van der Waals surface area (Å²) in [6.07, 6.45) is 2.70. The van der Waals surface area contributed by atoms with Gasteiger partial charge in [0, 0.05) is 11.7 Å². The molecule has 0 radical (unpaired) electrons. The highest BCUT2D eigenvalue weighted by atomic mass is 32.2. The number of aryl methyl sites for hydroxylation is 1. The second-order valence-electron chi connectivity index (χ2n) is 6.20. The van der Waals surface area contributed by atoms with Gasteiger partial charge in [0.1, 0.15) is 10.7 Å². The van der Waals surface area contributed by atoms with E-state index in [-0.39, 0.29) is 27.6 Å². The summed E-state index contributed by atoms with van der Waals surface area (Å²) in [5.41, 5.74) is 5.99. The van der Waals surface area contributed by atoms with Crippen LogP contribution in [0.1, 0.15) is 38.7 Å². The topological polar surface area (TPSA) is 72.2 Å². The first-order chi connectivity index (χ1) is 9.13. The average molecular weight is 300 g/mol. The van der Waals surface area contributed by atoms with E-state index in [9.17, 15) is 12.8 Å². The van der Waals surface area contributed by atoms with Crippen molar-refractivity contribution in [1.29, 1.82) is 0 Å². The molecule has 1 unspecified atom stereocenters. The third kappa shape index (κ3) is 2.81. The summed E-state index contributed by atoms with van der Waals surface area (Å²) < 4.78 is 41.5. The van der Waals surface area contributed by atoms with Gasteiger partial charge in [0.2, 0.25) is 10.0 Å². The van der Waals surface area contributed by atoms with E-state index in [1.54, 1.807) is 0 Å². The van der Waals surface area contributed by atoms with Gasteiger partial charge in [0.05, 0.1) is 0 Å². The summed E-state index contributed by atoms with van der Waals surface area (Å²) in [5, 5.41) is 0. The predicted molar refractivity (Wildman–Crippen MR) is 77.3 cm³/mol. The Labute approximate surface area is 119 Å². The van der Waals surface area contributed by atoms with Gasteiger partial charge in [-0.25, -0.2) is 17.5 Å². The van der Waals surface area contributed by atoms with Gasteiger partial charge >= 0.3 is 0 Å². The Hall–Kier alpha value is -1.14. The minimum atomic E-state index is -3.90. The monoisotopic (exact) mass is 300 g/mol. The summed E-state index contributed by atoms with van der Waals surface area (Å²) >= 11 is 0. The van der Waals surface area contributed by atoms with Crippen LogP contribution in [0.25, 0.3) is 0 Å². The Morgan fingerprint density at radius 2 is 2.05 bits per heavy atom. The number of hydrogen-bond donors (Lipinski definition) is 2. The molecule has 1 saturated carbocycles. The van der Waals surface area contributed by atoms with Crippen molar-refractivity contribution in [1.82, 2.24) is 4.72 Å². The standard InChI is InChI=1S/C14H21FN2O2S/c1-9-7-10(16)8-11(13(9)15)20(18,19)17-12-5-4-6-14(12,2)3/h7-8,12,17H,4-6,16H2,1-3H3. The van der Waals surface area contributed by atoms with E-state index in [0.29, 0.717) is 0 Å². The SMILES string of the molecule is Cc1cc(N)cc(S(=O)(=O)NC2CCCC2(C)C)c1F. The number of anilines is 1. The summed E-state index contributed by atoms with van der Waals surface area (Å²) in [6.45, 7) is 5.55. The first-order valence-electron chi connectivity index (χ1n) is 6.71. The molecule has 0 amide bonds. The van der Waals surface area contributed by atoms with Crippen LogP contribution in [0.3, 0.4) is 0 Å². The van der Waals surface area contributed by atoms with E-state index in [2.05, 4.69) is 4.72 Å². The van der Waals surface area contributed by atoms with Crippen LogP contribution in [0.15, 0.2) is 17.0 Å². The molecular weight excluding hydrogens is 279 g/mol. The van der Waals surface area contributed by atoms with Crippen molar-refractivity contribution in [3.63, 3.8) is 0 Å². The van der Waals surface area contributed by atoms with Crippen LogP contribution in [0.4, 0.5) is 10.1 Å². The Kier molecular flexibility index (Phi) is 3.81. The highest BCUT2D eigenvalue weighted by Gasteiger charge is 2.37. The van der Waals surface area contributed by atoms with E-state index in [4.69, 9.17) is 5.73 Å². The third-order valence-corrected chi connectivity index (χ3v) is 5.56. The predicted octanol–water partition coefficient (Wildman–Crippen LogP) is 2.57. The maximum absolute atomic E-state index is 14.1. The maximum Gasteiger partial charge on any atom is 0.243 e. The van der Waals surface area contributed by atoms with Gasteiger partial charge in [-0.2, -0.15) is 0 Å². The van der Waals surface area contributed by atoms with Crippen LogP contribution in [-0.2, 0) is 10.0 Å². The first-order valence-corrected chi connectivity index (χ1v) is 8.20. The van der Waals surface area contributed by atoms with Crippen LogP contribution in [0.2, 0.25) is 0 Å². The molecule has 1 fully saturated rings. The summed E-state index contributed by atoms with van der Waals surface area (Å²) in [4.78, 5) is -0.363. The molecule has 0 saturated heterocycles. The van der Waals surface area contributed by atoms with Crippen molar-refractivity contribution in [2.75, 3.05) is 5.73 Å². The van der Waals surface area contributed by atoms with Crippen LogP contribution < -0.4 is 10.5 Å². The van der Waals surface area contributed by atoms with Gasteiger partial charge in [-0.3, -0.25) is 0 Å². The van der Waals surface area contributed by atoms with Crippen LogP contribution in [0, 0.1) is 18.2 Å². The first kappa shape index (κ1) is 15.3. The quantitative estimate of drug-likeness (QED) is 0.843. The molecule has 1 aromatic rings. The van der Waals surface area contributed by atoms with E-state index >= 15 is 0 Å². The number of benzene rings is 1. The number of sulfonamides is 1. The van der Waals surface area contributed by atoms with Crippen molar-refractivity contribution in [3.05, 3.63) is 23.5 Å². The number of nitrogen functional groups attached to an aromatic ring is 1. The van der Waals surface area contributed by atoms with Crippen LogP contribution >= 0.6 is 0 Å². The molecular formula is C14H21FN2O2S. The molecule has 1 aromatic carbocycles. The minimum Gasteiger partial charge on any atom is -0.399 e. The molecule has 0 aromatic heterocycles. The molecule has 0 aliphatic heterocycles. The molecule has 4 nitrogen and oxygen atoms in total. The van der Waals surface area contributed by atoms with Gasteiger partial charge in [-0.15, -0.1) is 0 Å². The van der Waals surface area contributed by atoms with Crippen molar-refractivity contribution in [2.45, 2.75) is 51.0 Å². The highest BCUT2D eigenvalue weighted by molar-refractivity contribution is 7.89. The summed E-state index contributed by atoms with van der Waals surface area (Å²) in [7, 11) is -3.90. The Morgan fingerprint density at radius 1 is 1.40 bits per heavy atom. The third-order valence-electron chi connectivity index (χ3n) is 4.09. The Bertz CT molecular complexity index is 626. The molecule has 1 atom stereocenters. The van der Waals surface area contributed by atoms with Crippen LogP contribution in [-0.4, -0.2) is 14.5 Å². The molecule has 20 heavy (non-hydrogen) atoms. The number of nitrogens with two attached hydrogens (primary N) is 1. The summed E-state index contributed by atoms with van der Waals surface area (Å²) in [5.74, 6) is -0.734. The number of rotatable bonds is 3. The molecule has 0 heterocycles. The van der Waals surface area contributed by atoms with Gasteiger partial charge in [-0.05, 0) is 42.9 Å². The number of halogens is 1. The van der Waals surface area contributed by atoms with Gasteiger partial charge in [0.15, 0.2) is 0 Å². The average Bonchev–Trinajstić information content (AvgIpc) is 2.62. The van der Waals surface area contributed by atoms with Gasteiger partial charge in [-0.1, -0.05) is 20.3 Å². The lowest BCUT2D eigenvalue weighted by Crippen LogP contribution is -2.41. The lowest BCUT2D eigenvalue weighted by Gasteiger charge is -2.27. The lowest BCUT2D eigenvalue weighted by molar-refractivity contribution is 0.312. The fraction of sp³-hybridized carbons (Fsp3) is 0.571. The molecule has 112 valence electrons. The zero-order chi connectivity index (χ0) is 15.1. The van der Waals surface area contributed by atoms with Crippen molar-refractivity contribution < 1.29 is 12.8 Å². The largest absolute Gasteiger partial charge is 0.399 e. The Morgan fingerprint density at radius 3 is 2.60 bits per heavy atom. The summed E-state index contributed by atoms with van der Waals surface area (Å²) in [6, 6.07) is 2.43. The molecule has 2 rings (SSSR count). The smallest absolute Gasteiger partial charge is 0.243 e. The normalized spacial score (nSPS) is 22.1. The molecule has 0 bridgehead atoms. The van der Waals surface area contributed by atoms with Crippen molar-refractivity contribution in [2.24, 2.45) is 5.41 Å². The van der Waals surface area contributed by atoms with E-state index in [0.717, 1.165) is 19.3 Å². The number of nitrogens with one attached hydrogen (secondary N) is 1.